The largest absolute Gasteiger partial charge is 0.286 e. The van der Waals surface area contributed by atoms with Gasteiger partial charge in [-0.05, 0) is 25.1 Å². The predicted octanol–water partition coefficient (Wildman–Crippen LogP) is 3.10. The van der Waals surface area contributed by atoms with E-state index < -0.39 is 10.1 Å². The first-order chi connectivity index (χ1) is 10.9. The van der Waals surface area contributed by atoms with Crippen molar-refractivity contribution in [3.63, 3.8) is 0 Å². The Bertz CT molecular complexity index is 761. The summed E-state index contributed by atoms with van der Waals surface area (Å²) in [6.45, 7) is 2.46. The maximum Gasteiger partial charge on any atom is 0.265 e. The van der Waals surface area contributed by atoms with E-state index in [1.807, 2.05) is 66.3 Å². The molecule has 1 atom stereocenters. The van der Waals surface area contributed by atoms with E-state index >= 15 is 0 Å². The fourth-order valence-corrected chi connectivity index (χ4v) is 2.57. The molecule has 0 radical (unpaired) electrons. The number of hydrogen-bond donors (Lipinski definition) is 1. The normalized spacial score (nSPS) is 13.3. The van der Waals surface area contributed by atoms with Crippen molar-refractivity contribution in [1.29, 1.82) is 0 Å². The highest BCUT2D eigenvalue weighted by molar-refractivity contribution is 7.85. The molecule has 1 aromatic carbocycles. The first kappa shape index (κ1) is 17.2. The third kappa shape index (κ3) is 6.25. The summed E-state index contributed by atoms with van der Waals surface area (Å²) in [5, 5.41) is 8.51. The first-order valence-electron chi connectivity index (χ1n) is 7.34. The van der Waals surface area contributed by atoms with Gasteiger partial charge in [-0.15, -0.1) is 0 Å². The maximum atomic E-state index is 10.7. The summed E-state index contributed by atoms with van der Waals surface area (Å²) in [4.78, 5) is 0. The average molecular weight is 334 g/mol. The van der Waals surface area contributed by atoms with E-state index in [2.05, 4.69) is 10.2 Å². The molecule has 0 aliphatic carbocycles. The lowest BCUT2D eigenvalue weighted by atomic mass is 10.1. The standard InChI is InChI=1S/C16H19N3O3S/c1-14(17-18-16-8-3-2-4-9-16)15-7-5-10-19(13-15)11-6-12-23(20,21)22/h2-5,7-10,13-14H,6,11-12H2,1H3/p+1. The number of hydrogen-bond acceptors (Lipinski definition) is 4. The molecule has 0 aliphatic heterocycles. The Labute approximate surface area is 136 Å². The molecule has 1 heterocycles. The van der Waals surface area contributed by atoms with Gasteiger partial charge in [-0.25, -0.2) is 4.57 Å². The van der Waals surface area contributed by atoms with Gasteiger partial charge in [-0.3, -0.25) is 4.55 Å². The van der Waals surface area contributed by atoms with Crippen molar-refractivity contribution in [2.45, 2.75) is 25.9 Å². The van der Waals surface area contributed by atoms with Crippen molar-refractivity contribution < 1.29 is 17.5 Å². The van der Waals surface area contributed by atoms with Crippen LogP contribution in [0.25, 0.3) is 0 Å². The molecule has 0 bridgehead atoms. The van der Waals surface area contributed by atoms with Crippen LogP contribution in [-0.4, -0.2) is 18.7 Å². The zero-order chi connectivity index (χ0) is 16.7. The smallest absolute Gasteiger partial charge is 0.265 e. The van der Waals surface area contributed by atoms with Crippen LogP contribution < -0.4 is 4.57 Å². The Morgan fingerprint density at radius 3 is 2.61 bits per heavy atom. The molecular weight excluding hydrogens is 314 g/mol. The van der Waals surface area contributed by atoms with Gasteiger partial charge >= 0.3 is 0 Å². The van der Waals surface area contributed by atoms with Crippen LogP contribution in [0.4, 0.5) is 5.69 Å². The molecule has 0 saturated carbocycles. The van der Waals surface area contributed by atoms with Crippen molar-refractivity contribution in [1.82, 2.24) is 0 Å². The summed E-state index contributed by atoms with van der Waals surface area (Å²) in [7, 11) is -3.91. The van der Waals surface area contributed by atoms with Gasteiger partial charge in [-0.2, -0.15) is 18.6 Å². The highest BCUT2D eigenvalue weighted by atomic mass is 32.2. The molecule has 0 amide bonds. The number of nitrogens with zero attached hydrogens (tertiary/aromatic N) is 3. The molecule has 0 saturated heterocycles. The molecule has 1 N–H and O–H groups in total. The van der Waals surface area contributed by atoms with Crippen molar-refractivity contribution in [2.24, 2.45) is 10.2 Å². The van der Waals surface area contributed by atoms with Crippen molar-refractivity contribution in [2.75, 3.05) is 5.75 Å². The highest BCUT2D eigenvalue weighted by Crippen LogP contribution is 2.18. The Morgan fingerprint density at radius 2 is 1.91 bits per heavy atom. The fourth-order valence-electron chi connectivity index (χ4n) is 2.07. The highest BCUT2D eigenvalue weighted by Gasteiger charge is 2.11. The number of aromatic nitrogens is 1. The zero-order valence-corrected chi connectivity index (χ0v) is 13.7. The molecule has 7 heteroatoms. The number of aryl methyl sites for hydroxylation is 1. The molecule has 1 unspecified atom stereocenters. The van der Waals surface area contributed by atoms with Crippen LogP contribution in [0.1, 0.15) is 24.9 Å². The van der Waals surface area contributed by atoms with E-state index in [-0.39, 0.29) is 11.8 Å². The number of pyridine rings is 1. The number of azo groups is 1. The van der Waals surface area contributed by atoms with Crippen LogP contribution >= 0.6 is 0 Å². The second-order valence-corrected chi connectivity index (χ2v) is 6.81. The molecule has 0 aliphatic rings. The third-order valence-electron chi connectivity index (χ3n) is 3.28. The van der Waals surface area contributed by atoms with Crippen LogP contribution in [-0.2, 0) is 16.7 Å². The van der Waals surface area contributed by atoms with Crippen molar-refractivity contribution in [3.8, 4) is 0 Å². The van der Waals surface area contributed by atoms with Gasteiger partial charge in [0.1, 0.15) is 6.54 Å². The van der Waals surface area contributed by atoms with Gasteiger partial charge in [0.15, 0.2) is 12.4 Å². The van der Waals surface area contributed by atoms with Crippen LogP contribution in [0.2, 0.25) is 0 Å². The predicted molar refractivity (Wildman–Crippen MR) is 87.0 cm³/mol. The minimum Gasteiger partial charge on any atom is -0.286 e. The lowest BCUT2D eigenvalue weighted by Gasteiger charge is -2.04. The van der Waals surface area contributed by atoms with Crippen LogP contribution in [0.3, 0.4) is 0 Å². The van der Waals surface area contributed by atoms with Gasteiger partial charge in [0.25, 0.3) is 10.1 Å². The van der Waals surface area contributed by atoms with E-state index in [1.54, 1.807) is 0 Å². The van der Waals surface area contributed by atoms with Gasteiger partial charge in [0.2, 0.25) is 0 Å². The molecule has 1 aromatic heterocycles. The quantitative estimate of drug-likeness (QED) is 0.480. The van der Waals surface area contributed by atoms with Gasteiger partial charge in [0, 0.05) is 18.1 Å². The lowest BCUT2D eigenvalue weighted by Crippen LogP contribution is -2.34. The molecule has 2 aromatic rings. The van der Waals surface area contributed by atoms with Crippen molar-refractivity contribution in [3.05, 3.63) is 60.4 Å². The van der Waals surface area contributed by atoms with Crippen LogP contribution in [0.5, 0.6) is 0 Å². The molecule has 23 heavy (non-hydrogen) atoms. The van der Waals surface area contributed by atoms with E-state index in [0.29, 0.717) is 13.0 Å². The van der Waals surface area contributed by atoms with Gasteiger partial charge < -0.3 is 0 Å². The van der Waals surface area contributed by atoms with Crippen molar-refractivity contribution >= 4 is 15.8 Å². The SMILES string of the molecule is CC(N=Nc1ccccc1)c1ccc[n+](CCCS(=O)(=O)O)c1. The summed E-state index contributed by atoms with van der Waals surface area (Å²) in [6.07, 6.45) is 4.13. The Balaban J connectivity index is 1.99. The van der Waals surface area contributed by atoms with E-state index in [0.717, 1.165) is 11.3 Å². The molecule has 6 nitrogen and oxygen atoms in total. The Morgan fingerprint density at radius 1 is 1.17 bits per heavy atom. The minimum atomic E-state index is -3.91. The molecule has 0 fully saturated rings. The number of rotatable bonds is 7. The minimum absolute atomic E-state index is 0.107. The molecular formula is C16H20N3O3S+. The summed E-state index contributed by atoms with van der Waals surface area (Å²) in [6, 6.07) is 13.2. The topological polar surface area (TPSA) is 83.0 Å². The first-order valence-corrected chi connectivity index (χ1v) is 8.95. The molecule has 2 rings (SSSR count). The lowest BCUT2D eigenvalue weighted by molar-refractivity contribution is -0.697. The fraction of sp³-hybridized carbons (Fsp3) is 0.312. The number of benzene rings is 1. The summed E-state index contributed by atoms with van der Waals surface area (Å²) >= 11 is 0. The Kier molecular flexibility index (Phi) is 5.95. The Hall–Kier alpha value is -2.12. The average Bonchev–Trinajstić information content (AvgIpc) is 2.53. The molecule has 122 valence electrons. The maximum absolute atomic E-state index is 10.7. The zero-order valence-electron chi connectivity index (χ0n) is 12.9. The third-order valence-corrected chi connectivity index (χ3v) is 4.09. The molecule has 0 spiro atoms. The second kappa shape index (κ2) is 7.94. The summed E-state index contributed by atoms with van der Waals surface area (Å²) < 4.78 is 32.1. The van der Waals surface area contributed by atoms with Crippen LogP contribution in [0, 0.1) is 0 Å². The van der Waals surface area contributed by atoms with Gasteiger partial charge in [0.05, 0.1) is 17.5 Å². The van der Waals surface area contributed by atoms with E-state index in [4.69, 9.17) is 4.55 Å². The summed E-state index contributed by atoms with van der Waals surface area (Å²) in [5.41, 5.74) is 1.79. The van der Waals surface area contributed by atoms with Crippen LogP contribution in [0.15, 0.2) is 65.1 Å². The second-order valence-electron chi connectivity index (χ2n) is 5.24. The monoisotopic (exact) mass is 334 g/mol. The summed E-state index contributed by atoms with van der Waals surface area (Å²) in [5.74, 6) is -0.243. The van der Waals surface area contributed by atoms with E-state index in [9.17, 15) is 8.42 Å². The van der Waals surface area contributed by atoms with E-state index in [1.165, 1.54) is 0 Å². The van der Waals surface area contributed by atoms with Gasteiger partial charge in [-0.1, -0.05) is 18.2 Å².